The zero-order valence-electron chi connectivity index (χ0n) is 8.30. The van der Waals surface area contributed by atoms with Crippen LogP contribution in [-0.2, 0) is 11.3 Å². The highest BCUT2D eigenvalue weighted by Gasteiger charge is 2.08. The largest absolute Gasteiger partial charge is 0.351 e. The van der Waals surface area contributed by atoms with Crippen LogP contribution in [0.5, 0.6) is 0 Å². The molecule has 0 bridgehead atoms. The van der Waals surface area contributed by atoms with Crippen molar-refractivity contribution in [2.75, 3.05) is 5.88 Å². The second kappa shape index (κ2) is 5.04. The summed E-state index contributed by atoms with van der Waals surface area (Å²) < 4.78 is 1.13. The van der Waals surface area contributed by atoms with Gasteiger partial charge in [0.2, 0.25) is 5.91 Å². The first kappa shape index (κ1) is 11.7. The van der Waals surface area contributed by atoms with Gasteiger partial charge in [-0.1, -0.05) is 17.7 Å². The Hall–Kier alpha value is -0.770. The molecule has 1 amide bonds. The van der Waals surface area contributed by atoms with Crippen molar-refractivity contribution in [2.24, 2.45) is 0 Å². The molecule has 1 aromatic heterocycles. The SMILES string of the molecule is O=C(CCl)NCc1csc2cccc(Cl)c12. The van der Waals surface area contributed by atoms with Gasteiger partial charge in [-0.05, 0) is 23.1 Å². The lowest BCUT2D eigenvalue weighted by Crippen LogP contribution is -2.23. The minimum atomic E-state index is -0.173. The summed E-state index contributed by atoms with van der Waals surface area (Å²) in [6.45, 7) is 0.468. The van der Waals surface area contributed by atoms with E-state index < -0.39 is 0 Å². The van der Waals surface area contributed by atoms with Gasteiger partial charge in [-0.15, -0.1) is 22.9 Å². The number of alkyl halides is 1. The van der Waals surface area contributed by atoms with Gasteiger partial charge in [0.1, 0.15) is 5.88 Å². The number of hydrogen-bond acceptors (Lipinski definition) is 2. The van der Waals surface area contributed by atoms with E-state index in [1.54, 1.807) is 11.3 Å². The predicted octanol–water partition coefficient (Wildman–Crippen LogP) is 3.41. The first-order valence-corrected chi connectivity index (χ1v) is 6.49. The number of rotatable bonds is 3. The Kier molecular flexibility index (Phi) is 3.69. The summed E-state index contributed by atoms with van der Waals surface area (Å²) in [7, 11) is 0. The molecule has 0 spiro atoms. The number of nitrogens with one attached hydrogen (secondary N) is 1. The fourth-order valence-corrected chi connectivity index (χ4v) is 2.91. The third-order valence-electron chi connectivity index (χ3n) is 2.22. The lowest BCUT2D eigenvalue weighted by molar-refractivity contribution is -0.118. The summed E-state index contributed by atoms with van der Waals surface area (Å²) in [6, 6.07) is 5.78. The van der Waals surface area contributed by atoms with Crippen LogP contribution < -0.4 is 5.32 Å². The fraction of sp³-hybridized carbons (Fsp3) is 0.182. The van der Waals surface area contributed by atoms with Gasteiger partial charge in [-0.25, -0.2) is 0 Å². The van der Waals surface area contributed by atoms with E-state index in [0.717, 1.165) is 15.6 Å². The van der Waals surface area contributed by atoms with Crippen LogP contribution in [0.3, 0.4) is 0 Å². The maximum absolute atomic E-state index is 11.1. The number of benzene rings is 1. The Balaban J connectivity index is 2.28. The topological polar surface area (TPSA) is 29.1 Å². The number of amides is 1. The molecule has 2 nitrogen and oxygen atoms in total. The van der Waals surface area contributed by atoms with E-state index in [1.165, 1.54) is 0 Å². The van der Waals surface area contributed by atoms with Crippen LogP contribution in [0.4, 0.5) is 0 Å². The van der Waals surface area contributed by atoms with Crippen LogP contribution in [0.15, 0.2) is 23.6 Å². The molecule has 1 N–H and O–H groups in total. The van der Waals surface area contributed by atoms with Gasteiger partial charge in [-0.3, -0.25) is 4.79 Å². The van der Waals surface area contributed by atoms with Crippen molar-refractivity contribution in [3.8, 4) is 0 Å². The first-order chi connectivity index (χ1) is 7.72. The highest BCUT2D eigenvalue weighted by atomic mass is 35.5. The number of carbonyl (C=O) groups is 1. The molecule has 84 valence electrons. The van der Waals surface area contributed by atoms with Gasteiger partial charge in [-0.2, -0.15) is 0 Å². The third kappa shape index (κ3) is 2.32. The Morgan fingerprint density at radius 3 is 3.00 bits per heavy atom. The highest BCUT2D eigenvalue weighted by Crippen LogP contribution is 2.31. The molecule has 0 saturated heterocycles. The summed E-state index contributed by atoms with van der Waals surface area (Å²) in [5.41, 5.74) is 1.03. The molecule has 0 aliphatic carbocycles. The second-order valence-corrected chi connectivity index (χ2v) is 4.87. The van der Waals surface area contributed by atoms with Crippen molar-refractivity contribution >= 4 is 50.5 Å². The van der Waals surface area contributed by atoms with E-state index in [-0.39, 0.29) is 11.8 Å². The number of hydrogen-bond donors (Lipinski definition) is 1. The Morgan fingerprint density at radius 2 is 2.25 bits per heavy atom. The molecule has 0 atom stereocenters. The molecule has 1 heterocycles. The maximum Gasteiger partial charge on any atom is 0.235 e. The quantitative estimate of drug-likeness (QED) is 0.854. The van der Waals surface area contributed by atoms with E-state index in [9.17, 15) is 4.79 Å². The van der Waals surface area contributed by atoms with Crippen LogP contribution in [0.1, 0.15) is 5.56 Å². The van der Waals surface area contributed by atoms with Gasteiger partial charge < -0.3 is 5.32 Å². The smallest absolute Gasteiger partial charge is 0.235 e. The average molecular weight is 274 g/mol. The van der Waals surface area contributed by atoms with Gasteiger partial charge in [0.25, 0.3) is 0 Å². The monoisotopic (exact) mass is 273 g/mol. The van der Waals surface area contributed by atoms with Gasteiger partial charge in [0.05, 0.1) is 0 Å². The number of carbonyl (C=O) groups excluding carboxylic acids is 1. The first-order valence-electron chi connectivity index (χ1n) is 4.69. The molecule has 0 saturated carbocycles. The summed E-state index contributed by atoms with van der Waals surface area (Å²) >= 11 is 13.1. The summed E-state index contributed by atoms with van der Waals surface area (Å²) in [6.07, 6.45) is 0. The minimum Gasteiger partial charge on any atom is -0.351 e. The molecule has 0 fully saturated rings. The second-order valence-electron chi connectivity index (χ2n) is 3.28. The van der Waals surface area contributed by atoms with E-state index in [1.807, 2.05) is 23.6 Å². The molecule has 0 unspecified atom stereocenters. The molecular formula is C11H9Cl2NOS. The van der Waals surface area contributed by atoms with Crippen LogP contribution in [0.25, 0.3) is 10.1 Å². The summed E-state index contributed by atoms with van der Waals surface area (Å²) in [4.78, 5) is 11.1. The van der Waals surface area contributed by atoms with Gasteiger partial charge >= 0.3 is 0 Å². The molecule has 1 aromatic carbocycles. The van der Waals surface area contributed by atoms with E-state index in [4.69, 9.17) is 23.2 Å². The molecule has 0 aliphatic rings. The van der Waals surface area contributed by atoms with Crippen LogP contribution in [0, 0.1) is 0 Å². The zero-order chi connectivity index (χ0) is 11.5. The van der Waals surface area contributed by atoms with Gasteiger partial charge in [0, 0.05) is 21.7 Å². The van der Waals surface area contributed by atoms with Crippen LogP contribution in [-0.4, -0.2) is 11.8 Å². The van der Waals surface area contributed by atoms with Crippen LogP contribution >= 0.6 is 34.5 Å². The minimum absolute atomic E-state index is 0.0181. The molecule has 5 heteroatoms. The lowest BCUT2D eigenvalue weighted by Gasteiger charge is -2.02. The molecular weight excluding hydrogens is 265 g/mol. The number of halogens is 2. The average Bonchev–Trinajstić information content (AvgIpc) is 2.70. The Labute approximate surface area is 107 Å². The van der Waals surface area contributed by atoms with Crippen molar-refractivity contribution in [2.45, 2.75) is 6.54 Å². The van der Waals surface area contributed by atoms with E-state index in [2.05, 4.69) is 5.32 Å². The molecule has 16 heavy (non-hydrogen) atoms. The molecule has 0 aliphatic heterocycles. The summed E-state index contributed by atoms with van der Waals surface area (Å²) in [5.74, 6) is -0.191. The number of fused-ring (bicyclic) bond motifs is 1. The summed E-state index contributed by atoms with van der Waals surface area (Å²) in [5, 5.41) is 6.47. The number of thiophene rings is 1. The van der Waals surface area contributed by atoms with Crippen molar-refractivity contribution in [3.63, 3.8) is 0 Å². The lowest BCUT2D eigenvalue weighted by atomic mass is 10.2. The third-order valence-corrected chi connectivity index (χ3v) is 3.78. The molecule has 0 radical (unpaired) electrons. The van der Waals surface area contributed by atoms with E-state index in [0.29, 0.717) is 11.6 Å². The van der Waals surface area contributed by atoms with Crippen molar-refractivity contribution in [1.29, 1.82) is 0 Å². The van der Waals surface area contributed by atoms with Crippen molar-refractivity contribution in [3.05, 3.63) is 34.2 Å². The predicted molar refractivity (Wildman–Crippen MR) is 69.4 cm³/mol. The normalized spacial score (nSPS) is 10.6. The van der Waals surface area contributed by atoms with Crippen molar-refractivity contribution in [1.82, 2.24) is 5.32 Å². The fourth-order valence-electron chi connectivity index (χ4n) is 1.48. The Morgan fingerprint density at radius 1 is 1.44 bits per heavy atom. The molecule has 2 aromatic rings. The Bertz CT molecular complexity index is 524. The van der Waals surface area contributed by atoms with Gasteiger partial charge in [0.15, 0.2) is 0 Å². The molecule has 2 rings (SSSR count). The zero-order valence-corrected chi connectivity index (χ0v) is 10.6. The van der Waals surface area contributed by atoms with Crippen LogP contribution in [0.2, 0.25) is 5.02 Å². The standard InChI is InChI=1S/C11H9Cl2NOS/c12-4-10(15)14-5-7-6-16-9-3-1-2-8(13)11(7)9/h1-3,6H,4-5H2,(H,14,15). The van der Waals surface area contributed by atoms with E-state index >= 15 is 0 Å². The maximum atomic E-state index is 11.1. The van der Waals surface area contributed by atoms with Crippen molar-refractivity contribution < 1.29 is 4.79 Å². The highest BCUT2D eigenvalue weighted by molar-refractivity contribution is 7.17.